The number of hydrogen-bond acceptors (Lipinski definition) is 5. The number of aromatic amines is 1. The maximum Gasteiger partial charge on any atom is 0.330 e. The average molecular weight is 391 g/mol. The summed E-state index contributed by atoms with van der Waals surface area (Å²) < 4.78 is 1.46. The number of hydrogen-bond donors (Lipinski definition) is 2. The summed E-state index contributed by atoms with van der Waals surface area (Å²) in [5.74, 6) is 0.806. The lowest BCUT2D eigenvalue weighted by Crippen LogP contribution is -2.40. The van der Waals surface area contributed by atoms with Gasteiger partial charge in [-0.3, -0.25) is 14.3 Å². The van der Waals surface area contributed by atoms with E-state index in [4.69, 9.17) is 5.73 Å². The average Bonchev–Trinajstić information content (AvgIpc) is 2.58. The lowest BCUT2D eigenvalue weighted by Gasteiger charge is -2.28. The van der Waals surface area contributed by atoms with Crippen molar-refractivity contribution >= 4 is 23.3 Å². The minimum absolute atomic E-state index is 0.235. The van der Waals surface area contributed by atoms with Gasteiger partial charge in [0.2, 0.25) is 0 Å². The molecule has 0 radical (unpaired) electrons. The Labute approximate surface area is 164 Å². The van der Waals surface area contributed by atoms with Crippen molar-refractivity contribution < 1.29 is 0 Å². The van der Waals surface area contributed by atoms with Crippen LogP contribution in [0.15, 0.2) is 38.8 Å². The molecule has 0 aliphatic heterocycles. The molecule has 6 nitrogen and oxygen atoms in total. The Morgan fingerprint density at radius 1 is 1.11 bits per heavy atom. The van der Waals surface area contributed by atoms with Crippen LogP contribution in [0.5, 0.6) is 0 Å². The zero-order valence-electron chi connectivity index (χ0n) is 16.8. The molecule has 0 spiro atoms. The van der Waals surface area contributed by atoms with Crippen LogP contribution in [-0.4, -0.2) is 22.4 Å². The Kier molecular flexibility index (Phi) is 7.18. The summed E-state index contributed by atoms with van der Waals surface area (Å²) >= 11 is 1.69. The first-order valence-electron chi connectivity index (χ1n) is 9.23. The van der Waals surface area contributed by atoms with Gasteiger partial charge >= 0.3 is 5.69 Å². The van der Waals surface area contributed by atoms with E-state index in [2.05, 4.69) is 43.1 Å². The zero-order valence-corrected chi connectivity index (χ0v) is 17.6. The van der Waals surface area contributed by atoms with E-state index in [1.165, 1.54) is 9.46 Å². The maximum absolute atomic E-state index is 12.6. The molecular formula is C20H30N4O2S. The van der Waals surface area contributed by atoms with E-state index < -0.39 is 11.2 Å². The molecule has 27 heavy (non-hydrogen) atoms. The van der Waals surface area contributed by atoms with Crippen LogP contribution in [0.2, 0.25) is 0 Å². The number of nitrogen functional groups attached to an aromatic ring is 1. The number of nitrogens with two attached hydrogens (primary N) is 1. The molecule has 1 aromatic carbocycles. The van der Waals surface area contributed by atoms with E-state index >= 15 is 0 Å². The normalized spacial score (nSPS) is 11.4. The Morgan fingerprint density at radius 2 is 1.74 bits per heavy atom. The van der Waals surface area contributed by atoms with Crippen LogP contribution in [0.3, 0.4) is 0 Å². The van der Waals surface area contributed by atoms with Crippen molar-refractivity contribution in [2.24, 2.45) is 11.8 Å². The van der Waals surface area contributed by atoms with Gasteiger partial charge in [-0.1, -0.05) is 39.8 Å². The number of H-pyrrole nitrogens is 1. The molecule has 0 saturated heterocycles. The summed E-state index contributed by atoms with van der Waals surface area (Å²) in [6.45, 7) is 9.90. The van der Waals surface area contributed by atoms with Gasteiger partial charge in [0.05, 0.1) is 0 Å². The third kappa shape index (κ3) is 5.42. The maximum atomic E-state index is 12.6. The first kappa shape index (κ1) is 21.2. The molecule has 0 amide bonds. The highest BCUT2D eigenvalue weighted by Gasteiger charge is 2.20. The van der Waals surface area contributed by atoms with E-state index in [-0.39, 0.29) is 11.7 Å². The number of nitrogens with one attached hydrogen (secondary N) is 1. The summed E-state index contributed by atoms with van der Waals surface area (Å²) in [5, 5.41) is 0. The molecule has 0 saturated carbocycles. The van der Waals surface area contributed by atoms with E-state index in [1.807, 2.05) is 25.0 Å². The fourth-order valence-electron chi connectivity index (χ4n) is 3.06. The number of rotatable bonds is 8. The van der Waals surface area contributed by atoms with Crippen LogP contribution in [0.25, 0.3) is 0 Å². The number of benzene rings is 1. The van der Waals surface area contributed by atoms with Gasteiger partial charge in [0.15, 0.2) is 0 Å². The SMILES string of the molecule is CSc1ccc(CN(CC(C)C)c2c(N)n(CC(C)C)c(=O)[nH]c2=O)cc1. The molecule has 148 valence electrons. The zero-order chi connectivity index (χ0) is 20.1. The van der Waals surface area contributed by atoms with Crippen LogP contribution < -0.4 is 21.9 Å². The van der Waals surface area contributed by atoms with Crippen molar-refractivity contribution in [3.05, 3.63) is 50.7 Å². The fourth-order valence-corrected chi connectivity index (χ4v) is 3.46. The van der Waals surface area contributed by atoms with Crippen molar-refractivity contribution in [1.29, 1.82) is 0 Å². The monoisotopic (exact) mass is 390 g/mol. The Morgan fingerprint density at radius 3 is 2.26 bits per heavy atom. The topological polar surface area (TPSA) is 84.1 Å². The van der Waals surface area contributed by atoms with E-state index in [9.17, 15) is 9.59 Å². The van der Waals surface area contributed by atoms with Gasteiger partial charge in [-0.05, 0) is 35.8 Å². The highest BCUT2D eigenvalue weighted by atomic mass is 32.2. The summed E-state index contributed by atoms with van der Waals surface area (Å²) in [5.41, 5.74) is 6.89. The molecule has 0 aliphatic rings. The van der Waals surface area contributed by atoms with Crippen LogP contribution in [-0.2, 0) is 13.1 Å². The van der Waals surface area contributed by atoms with Crippen molar-refractivity contribution in [2.45, 2.75) is 45.7 Å². The molecule has 0 unspecified atom stereocenters. The van der Waals surface area contributed by atoms with E-state index in [0.717, 1.165) is 5.56 Å². The summed E-state index contributed by atoms with van der Waals surface area (Å²) in [6, 6.07) is 8.27. The van der Waals surface area contributed by atoms with Gasteiger partial charge < -0.3 is 10.6 Å². The van der Waals surface area contributed by atoms with Crippen LogP contribution in [0.1, 0.15) is 33.3 Å². The van der Waals surface area contributed by atoms with Crippen LogP contribution in [0.4, 0.5) is 11.5 Å². The predicted octanol–water partition coefficient (Wildman–Crippen LogP) is 3.16. The number of anilines is 2. The number of aromatic nitrogens is 2. The smallest absolute Gasteiger partial charge is 0.330 e. The van der Waals surface area contributed by atoms with Gasteiger partial charge in [0.1, 0.15) is 11.5 Å². The molecule has 1 heterocycles. The lowest BCUT2D eigenvalue weighted by atomic mass is 10.1. The Balaban J connectivity index is 2.49. The van der Waals surface area contributed by atoms with Crippen molar-refractivity contribution in [3.63, 3.8) is 0 Å². The van der Waals surface area contributed by atoms with Crippen molar-refractivity contribution in [1.82, 2.24) is 9.55 Å². The highest BCUT2D eigenvalue weighted by molar-refractivity contribution is 7.98. The molecule has 3 N–H and O–H groups in total. The summed E-state index contributed by atoms with van der Waals surface area (Å²) in [7, 11) is 0. The molecular weight excluding hydrogens is 360 g/mol. The second-order valence-electron chi connectivity index (χ2n) is 7.62. The van der Waals surface area contributed by atoms with E-state index in [1.54, 1.807) is 11.8 Å². The molecule has 0 atom stereocenters. The fraction of sp³-hybridized carbons (Fsp3) is 0.500. The van der Waals surface area contributed by atoms with Gasteiger partial charge in [0.25, 0.3) is 5.56 Å². The molecule has 0 fully saturated rings. The van der Waals surface area contributed by atoms with Crippen molar-refractivity contribution in [3.8, 4) is 0 Å². The lowest BCUT2D eigenvalue weighted by molar-refractivity contribution is 0.505. The largest absolute Gasteiger partial charge is 0.383 e. The van der Waals surface area contributed by atoms with Crippen LogP contribution in [0, 0.1) is 11.8 Å². The molecule has 0 aliphatic carbocycles. The summed E-state index contributed by atoms with van der Waals surface area (Å²) in [6.07, 6.45) is 2.04. The van der Waals surface area contributed by atoms with Gasteiger partial charge in [0, 0.05) is 24.5 Å². The Bertz CT molecular complexity index is 869. The second kappa shape index (κ2) is 9.17. The predicted molar refractivity (Wildman–Crippen MR) is 115 cm³/mol. The molecule has 0 bridgehead atoms. The highest BCUT2D eigenvalue weighted by Crippen LogP contribution is 2.22. The van der Waals surface area contributed by atoms with Gasteiger partial charge in [-0.2, -0.15) is 0 Å². The Hall–Kier alpha value is -2.15. The first-order chi connectivity index (χ1) is 12.7. The minimum Gasteiger partial charge on any atom is -0.383 e. The number of thioether (sulfide) groups is 1. The number of nitrogens with zero attached hydrogens (tertiary/aromatic N) is 2. The quantitative estimate of drug-likeness (QED) is 0.677. The van der Waals surface area contributed by atoms with E-state index in [0.29, 0.717) is 31.2 Å². The minimum atomic E-state index is -0.455. The third-order valence-corrected chi connectivity index (χ3v) is 4.94. The summed E-state index contributed by atoms with van der Waals surface area (Å²) in [4.78, 5) is 30.5. The molecule has 1 aromatic heterocycles. The van der Waals surface area contributed by atoms with Crippen molar-refractivity contribution in [2.75, 3.05) is 23.4 Å². The van der Waals surface area contributed by atoms with Gasteiger partial charge in [-0.25, -0.2) is 4.79 Å². The standard InChI is InChI=1S/C20H30N4O2S/c1-13(2)10-23(12-15-6-8-16(27-5)9-7-15)17-18(21)24(11-14(3)4)20(26)22-19(17)25/h6-9,13-14H,10-12,21H2,1-5H3,(H,22,25,26). The molecule has 2 rings (SSSR count). The molecule has 2 aromatic rings. The van der Waals surface area contributed by atoms with Crippen LogP contribution >= 0.6 is 11.8 Å². The third-order valence-electron chi connectivity index (χ3n) is 4.20. The van der Waals surface area contributed by atoms with Gasteiger partial charge in [-0.15, -0.1) is 11.8 Å². The second-order valence-corrected chi connectivity index (χ2v) is 8.50. The first-order valence-corrected chi connectivity index (χ1v) is 10.5. The molecule has 7 heteroatoms.